The molecule has 0 atom stereocenters. The van der Waals surface area contributed by atoms with Crippen molar-refractivity contribution < 1.29 is 17.4 Å². The van der Waals surface area contributed by atoms with Crippen LogP contribution >= 0.6 is 23.2 Å². The van der Waals surface area contributed by atoms with Crippen LogP contribution in [0, 0.1) is 0 Å². The van der Waals surface area contributed by atoms with Crippen LogP contribution in [0.15, 0.2) is 0 Å². The standard InChI is InChI=1S/C7H13Cl2NO3Si/c8-7(9)14-10(1-4-11-14,2-5-12-14)3-6-13-14/h7H,1-6H2. The van der Waals surface area contributed by atoms with Gasteiger partial charge < -0.3 is 0 Å². The van der Waals surface area contributed by atoms with Crippen LogP contribution in [0.2, 0.25) is 0 Å². The number of rotatable bonds is 1. The van der Waals surface area contributed by atoms with Gasteiger partial charge in [0.2, 0.25) is 0 Å². The Hall–Kier alpha value is 0.637. The van der Waals surface area contributed by atoms with E-state index in [1.807, 2.05) is 0 Å². The van der Waals surface area contributed by atoms with Crippen LogP contribution in [-0.2, 0) is 13.3 Å². The Labute approximate surface area is 93.1 Å². The number of hydrogen-bond donors (Lipinski definition) is 0. The first-order valence-corrected chi connectivity index (χ1v) is 8.00. The van der Waals surface area contributed by atoms with Crippen molar-refractivity contribution in [1.29, 1.82) is 0 Å². The van der Waals surface area contributed by atoms with Gasteiger partial charge in [-0.15, -0.1) is 0 Å². The molecule has 0 bridgehead atoms. The molecule has 3 aliphatic rings. The molecule has 4 nitrogen and oxygen atoms in total. The summed E-state index contributed by atoms with van der Waals surface area (Å²) in [5.41, 5.74) is 0. The molecule has 14 heavy (non-hydrogen) atoms. The Morgan fingerprint density at radius 3 is 1.64 bits per heavy atom. The molecule has 3 heterocycles. The van der Waals surface area contributed by atoms with Crippen LogP contribution in [0.1, 0.15) is 0 Å². The van der Waals surface area contributed by atoms with Crippen molar-refractivity contribution in [3.8, 4) is 0 Å². The number of halogens is 2. The van der Waals surface area contributed by atoms with Gasteiger partial charge in [0.05, 0.1) is 0 Å². The third-order valence-electron chi connectivity index (χ3n) is 3.88. The molecule has 82 valence electrons. The molecule has 3 aliphatic heterocycles. The fraction of sp³-hybridized carbons (Fsp3) is 1.00. The maximum atomic E-state index is 6.11. The summed E-state index contributed by atoms with van der Waals surface area (Å²) in [7, 11) is -3.50. The van der Waals surface area contributed by atoms with E-state index in [4.69, 9.17) is 36.5 Å². The molecule has 0 unspecified atom stereocenters. The van der Waals surface area contributed by atoms with Crippen LogP contribution < -0.4 is 0 Å². The summed E-state index contributed by atoms with van der Waals surface area (Å²) in [5, 5.41) is 0. The van der Waals surface area contributed by atoms with Crippen LogP contribution in [0.25, 0.3) is 0 Å². The predicted molar refractivity (Wildman–Crippen MR) is 54.0 cm³/mol. The molecule has 7 heteroatoms. The predicted octanol–water partition coefficient (Wildman–Crippen LogP) is 0.626. The van der Waals surface area contributed by atoms with Crippen LogP contribution in [-0.4, -0.2) is 56.3 Å². The Bertz CT molecular complexity index is 256. The van der Waals surface area contributed by atoms with E-state index in [2.05, 4.69) is 0 Å². The summed E-state index contributed by atoms with van der Waals surface area (Å²) in [6, 6.07) is 0. The van der Waals surface area contributed by atoms with Crippen molar-refractivity contribution in [3.63, 3.8) is 0 Å². The van der Waals surface area contributed by atoms with Crippen molar-refractivity contribution in [2.24, 2.45) is 0 Å². The van der Waals surface area contributed by atoms with Crippen molar-refractivity contribution in [3.05, 3.63) is 0 Å². The van der Waals surface area contributed by atoms with Crippen LogP contribution in [0.3, 0.4) is 0 Å². The number of alkyl halides is 2. The van der Waals surface area contributed by atoms with Crippen molar-refractivity contribution >= 4 is 31.4 Å². The zero-order valence-electron chi connectivity index (χ0n) is 7.75. The maximum absolute atomic E-state index is 6.11. The van der Waals surface area contributed by atoms with Gasteiger partial charge in [-0.1, -0.05) is 0 Å². The average molecular weight is 258 g/mol. The third-order valence-corrected chi connectivity index (χ3v) is 11.4. The minimum absolute atomic E-state index is 0.656. The number of quaternary nitrogens is 1. The summed E-state index contributed by atoms with van der Waals surface area (Å²) in [5.74, 6) is 0. The van der Waals surface area contributed by atoms with E-state index in [1.165, 1.54) is 0 Å². The minimum atomic E-state index is -3.50. The molecule has 0 saturated carbocycles. The summed E-state index contributed by atoms with van der Waals surface area (Å²) in [6.45, 7) is 4.77. The molecule has 0 aliphatic carbocycles. The molecule has 0 amide bonds. The Kier molecular flexibility index (Phi) is 1.87. The van der Waals surface area contributed by atoms with Gasteiger partial charge in [0.1, 0.15) is 0 Å². The third kappa shape index (κ3) is 0.754. The Morgan fingerprint density at radius 2 is 1.36 bits per heavy atom. The first-order valence-electron chi connectivity index (χ1n) is 4.88. The monoisotopic (exact) mass is 257 g/mol. The fourth-order valence-corrected chi connectivity index (χ4v) is 10.2. The van der Waals surface area contributed by atoms with Crippen molar-refractivity contribution in [2.45, 2.75) is 4.46 Å². The quantitative estimate of drug-likeness (QED) is 0.510. The zero-order chi connectivity index (χ0) is 9.89. The second-order valence-electron chi connectivity index (χ2n) is 4.17. The molecule has 0 spiro atoms. The van der Waals surface area contributed by atoms with Gasteiger partial charge in [-0.2, -0.15) is 0 Å². The van der Waals surface area contributed by atoms with Gasteiger partial charge in [0.25, 0.3) is 0 Å². The summed E-state index contributed by atoms with van der Waals surface area (Å²) >= 11 is 12.2. The van der Waals surface area contributed by atoms with Gasteiger partial charge >= 0.3 is 92.8 Å². The topological polar surface area (TPSA) is 27.7 Å². The molecule has 3 saturated heterocycles. The molecule has 0 N–H and O–H groups in total. The first-order chi connectivity index (χ1) is 6.65. The molecule has 0 aromatic heterocycles. The van der Waals surface area contributed by atoms with Crippen molar-refractivity contribution in [1.82, 2.24) is 0 Å². The van der Waals surface area contributed by atoms with Gasteiger partial charge in [0.15, 0.2) is 0 Å². The molecule has 0 aromatic carbocycles. The van der Waals surface area contributed by atoms with Crippen LogP contribution in [0.5, 0.6) is 0 Å². The van der Waals surface area contributed by atoms with Gasteiger partial charge in [0, 0.05) is 0 Å². The van der Waals surface area contributed by atoms with Crippen LogP contribution in [0.4, 0.5) is 0 Å². The molecular weight excluding hydrogens is 245 g/mol. The SMILES string of the molecule is ClC(Cl)[Si-]123OCC[N+]1(CCO2)CCO3. The van der Waals surface area contributed by atoms with E-state index in [0.717, 1.165) is 23.8 Å². The van der Waals surface area contributed by atoms with E-state index >= 15 is 0 Å². The Morgan fingerprint density at radius 1 is 0.929 bits per heavy atom. The van der Waals surface area contributed by atoms with E-state index in [9.17, 15) is 0 Å². The average Bonchev–Trinajstić information content (AvgIpc) is 2.58. The van der Waals surface area contributed by atoms with E-state index in [1.54, 1.807) is 0 Å². The van der Waals surface area contributed by atoms with E-state index < -0.39 is 12.7 Å². The van der Waals surface area contributed by atoms with E-state index in [-0.39, 0.29) is 0 Å². The van der Waals surface area contributed by atoms with Gasteiger partial charge in [-0.3, -0.25) is 0 Å². The summed E-state index contributed by atoms with van der Waals surface area (Å²) in [6.07, 6.45) is 0. The molecule has 0 aromatic rings. The van der Waals surface area contributed by atoms with Gasteiger partial charge in [-0.05, 0) is 0 Å². The summed E-state index contributed by atoms with van der Waals surface area (Å²) < 4.78 is 17.6. The van der Waals surface area contributed by atoms with Crippen molar-refractivity contribution in [2.75, 3.05) is 39.5 Å². The Balaban J connectivity index is 2.18. The molecule has 0 radical (unpaired) electrons. The second kappa shape index (κ2) is 2.66. The molecule has 3 fully saturated rings. The number of hydrogen-bond acceptors (Lipinski definition) is 3. The normalized spacial score (nSPS) is 45.8. The first kappa shape index (κ1) is 9.83. The number of nitrogens with zero attached hydrogens (tertiary/aromatic N) is 1. The summed E-state index contributed by atoms with van der Waals surface area (Å²) in [4.78, 5) is 0. The molecule has 3 rings (SSSR count). The molecular formula is C7H13Cl2NO3Si. The zero-order valence-corrected chi connectivity index (χ0v) is 10.3. The fourth-order valence-electron chi connectivity index (χ4n) is 3.10. The van der Waals surface area contributed by atoms with E-state index in [0.29, 0.717) is 19.8 Å². The van der Waals surface area contributed by atoms with Gasteiger partial charge in [-0.25, -0.2) is 0 Å². The second-order valence-corrected chi connectivity index (χ2v) is 10.4.